The highest BCUT2D eigenvalue weighted by Crippen LogP contribution is 2.32. The van der Waals surface area contributed by atoms with E-state index in [2.05, 4.69) is 43.4 Å². The molecule has 4 aromatic rings. The zero-order chi connectivity index (χ0) is 27.7. The molecule has 1 aliphatic rings. The van der Waals surface area contributed by atoms with Crippen molar-refractivity contribution in [1.82, 2.24) is 25.2 Å². The Balaban J connectivity index is 1.53. The molecule has 1 unspecified atom stereocenters. The molecule has 3 aromatic heterocycles. The smallest absolute Gasteiger partial charge is 0.253 e. The number of aromatic amines is 1. The Kier molecular flexibility index (Phi) is 7.54. The summed E-state index contributed by atoms with van der Waals surface area (Å²) in [5, 5.41) is 7.25. The molecule has 0 spiro atoms. The molecule has 204 valence electrons. The van der Waals surface area contributed by atoms with Crippen LogP contribution in [0.2, 0.25) is 0 Å². The van der Waals surface area contributed by atoms with E-state index >= 15 is 0 Å². The van der Waals surface area contributed by atoms with Crippen molar-refractivity contribution in [2.24, 2.45) is 5.73 Å². The second kappa shape index (κ2) is 11.0. The predicted molar refractivity (Wildman–Crippen MR) is 156 cm³/mol. The largest absolute Gasteiger partial charge is 0.354 e. The normalized spacial score (nSPS) is 14.5. The molecule has 4 heterocycles. The molecule has 0 aliphatic carbocycles. The Bertz CT molecular complexity index is 1560. The highest BCUT2D eigenvalue weighted by Gasteiger charge is 2.20. The van der Waals surface area contributed by atoms with E-state index in [1.54, 1.807) is 0 Å². The van der Waals surface area contributed by atoms with Crippen LogP contribution in [0.3, 0.4) is 0 Å². The third kappa shape index (κ3) is 5.60. The van der Waals surface area contributed by atoms with Gasteiger partial charge in [0.05, 0.1) is 0 Å². The number of amides is 1. The van der Waals surface area contributed by atoms with Crippen molar-refractivity contribution >= 4 is 22.6 Å². The molecule has 1 amide bonds. The van der Waals surface area contributed by atoms with Crippen LogP contribution in [0, 0.1) is 20.8 Å². The van der Waals surface area contributed by atoms with Crippen molar-refractivity contribution < 1.29 is 4.79 Å². The van der Waals surface area contributed by atoms with E-state index in [0.717, 1.165) is 70.8 Å². The quantitative estimate of drug-likeness (QED) is 0.293. The van der Waals surface area contributed by atoms with Gasteiger partial charge in [-0.1, -0.05) is 0 Å². The van der Waals surface area contributed by atoms with E-state index in [-0.39, 0.29) is 24.1 Å². The van der Waals surface area contributed by atoms with E-state index in [1.165, 1.54) is 0 Å². The summed E-state index contributed by atoms with van der Waals surface area (Å²) in [5.41, 5.74) is 12.5. The molecular weight excluding hydrogens is 490 g/mol. The molecule has 1 aromatic carbocycles. The van der Waals surface area contributed by atoms with Crippen LogP contribution in [-0.2, 0) is 13.1 Å². The van der Waals surface area contributed by atoms with Gasteiger partial charge in [0.2, 0.25) is 0 Å². The van der Waals surface area contributed by atoms with Crippen molar-refractivity contribution in [3.8, 4) is 11.1 Å². The lowest BCUT2D eigenvalue weighted by Crippen LogP contribution is -2.43. The molecule has 5 N–H and O–H groups in total. The summed E-state index contributed by atoms with van der Waals surface area (Å²) >= 11 is 0. The number of anilines is 1. The van der Waals surface area contributed by atoms with Gasteiger partial charge in [0, 0.05) is 91.0 Å². The Morgan fingerprint density at radius 2 is 1.87 bits per heavy atom. The van der Waals surface area contributed by atoms with Gasteiger partial charge in [-0.3, -0.25) is 9.59 Å². The summed E-state index contributed by atoms with van der Waals surface area (Å²) in [6.07, 6.45) is 3.93. The van der Waals surface area contributed by atoms with Crippen LogP contribution in [0.4, 0.5) is 5.82 Å². The van der Waals surface area contributed by atoms with Gasteiger partial charge in [-0.2, -0.15) is 0 Å². The molecule has 1 saturated heterocycles. The zero-order valence-electron chi connectivity index (χ0n) is 23.1. The molecule has 1 aliphatic heterocycles. The highest BCUT2D eigenvalue weighted by molar-refractivity contribution is 6.09. The number of hydrogen-bond donors (Lipinski definition) is 4. The van der Waals surface area contributed by atoms with Gasteiger partial charge in [0.15, 0.2) is 0 Å². The van der Waals surface area contributed by atoms with E-state index in [4.69, 9.17) is 10.7 Å². The first-order chi connectivity index (χ1) is 18.7. The third-order valence-corrected chi connectivity index (χ3v) is 7.34. The lowest BCUT2D eigenvalue weighted by molar-refractivity contribution is 0.0952. The van der Waals surface area contributed by atoms with Gasteiger partial charge in [-0.05, 0) is 74.7 Å². The zero-order valence-corrected chi connectivity index (χ0v) is 23.1. The summed E-state index contributed by atoms with van der Waals surface area (Å²) < 4.78 is 2.12. The van der Waals surface area contributed by atoms with Gasteiger partial charge >= 0.3 is 0 Å². The maximum absolute atomic E-state index is 13.7. The van der Waals surface area contributed by atoms with Crippen molar-refractivity contribution in [1.29, 1.82) is 0 Å². The third-order valence-electron chi connectivity index (χ3n) is 7.34. The van der Waals surface area contributed by atoms with Gasteiger partial charge in [-0.25, -0.2) is 4.98 Å². The van der Waals surface area contributed by atoms with Crippen LogP contribution >= 0.6 is 0 Å². The van der Waals surface area contributed by atoms with Crippen LogP contribution in [0.1, 0.15) is 39.7 Å². The van der Waals surface area contributed by atoms with E-state index in [9.17, 15) is 9.59 Å². The number of benzene rings is 1. The number of hydrogen-bond acceptors (Lipinski definition) is 6. The molecule has 1 fully saturated rings. The predicted octanol–water partition coefficient (Wildman–Crippen LogP) is 3.00. The Morgan fingerprint density at radius 1 is 1.10 bits per heavy atom. The number of nitrogens with one attached hydrogen (secondary N) is 3. The average Bonchev–Trinajstić information content (AvgIpc) is 3.22. The molecule has 0 saturated carbocycles. The fraction of sp³-hybridized carbons (Fsp3) is 0.367. The van der Waals surface area contributed by atoms with Gasteiger partial charge in [-0.15, -0.1) is 0 Å². The number of nitrogens with two attached hydrogens (primary N) is 1. The number of carbonyl (C=O) groups excluding carboxylic acids is 1. The minimum atomic E-state index is -0.228. The summed E-state index contributed by atoms with van der Waals surface area (Å²) in [5.74, 6) is 0.724. The van der Waals surface area contributed by atoms with E-state index in [0.29, 0.717) is 17.7 Å². The average molecular weight is 528 g/mol. The number of nitrogens with zero attached hydrogens (tertiary/aromatic N) is 3. The van der Waals surface area contributed by atoms with Crippen molar-refractivity contribution in [2.45, 2.75) is 46.8 Å². The topological polar surface area (TPSA) is 121 Å². The molecule has 1 atom stereocenters. The monoisotopic (exact) mass is 527 g/mol. The first-order valence-electron chi connectivity index (χ1n) is 13.5. The molecule has 9 nitrogen and oxygen atoms in total. The molecular formula is C30H37N7O2. The molecule has 5 rings (SSSR count). The maximum Gasteiger partial charge on any atom is 0.253 e. The van der Waals surface area contributed by atoms with Crippen molar-refractivity contribution in [2.75, 3.05) is 31.1 Å². The van der Waals surface area contributed by atoms with Crippen LogP contribution in [0.15, 0.2) is 47.5 Å². The molecule has 9 heteroatoms. The highest BCUT2D eigenvalue weighted by atomic mass is 16.1. The lowest BCUT2D eigenvalue weighted by atomic mass is 9.98. The summed E-state index contributed by atoms with van der Waals surface area (Å²) in [4.78, 5) is 36.0. The first-order valence-corrected chi connectivity index (χ1v) is 13.5. The standard InChI is InChI=1S/C30H37N7O2/c1-18-11-21(4)35-30(39)25(18)15-34-29(38)24-12-23(13-26-28(24)19(2)16-37(26)17-20(3)31)22-5-6-27(33-14-22)36-9-7-32-8-10-36/h5-6,11-14,16,20,32H,7-10,15,17,31H2,1-4H3,(H,34,38)(H,35,39). The molecule has 39 heavy (non-hydrogen) atoms. The van der Waals surface area contributed by atoms with Crippen molar-refractivity contribution in [3.63, 3.8) is 0 Å². The second-order valence-corrected chi connectivity index (χ2v) is 10.6. The molecule has 0 bridgehead atoms. The number of rotatable bonds is 7. The van der Waals surface area contributed by atoms with Crippen LogP contribution in [0.5, 0.6) is 0 Å². The van der Waals surface area contributed by atoms with E-state index in [1.807, 2.05) is 52.1 Å². The number of H-pyrrole nitrogens is 1. The number of pyridine rings is 2. The van der Waals surface area contributed by atoms with Gasteiger partial charge in [0.25, 0.3) is 11.5 Å². The fourth-order valence-electron chi connectivity index (χ4n) is 5.45. The fourth-order valence-corrected chi connectivity index (χ4v) is 5.45. The summed E-state index contributed by atoms with van der Waals surface area (Å²) in [6.45, 7) is 12.2. The number of carbonyl (C=O) groups is 1. The number of fused-ring (bicyclic) bond motifs is 1. The Hall–Kier alpha value is -3.95. The second-order valence-electron chi connectivity index (χ2n) is 10.6. The number of piperazine rings is 1. The SMILES string of the molecule is Cc1cc(C)c(CNC(=O)c2cc(-c3ccc(N4CCNCC4)nc3)cc3c2c(C)cn3CC(C)N)c(=O)[nH]1. The van der Waals surface area contributed by atoms with Crippen molar-refractivity contribution in [3.05, 3.63) is 81.0 Å². The van der Waals surface area contributed by atoms with Crippen LogP contribution < -0.4 is 26.8 Å². The number of aryl methyl sites for hydroxylation is 3. The number of aromatic nitrogens is 3. The van der Waals surface area contributed by atoms with E-state index < -0.39 is 0 Å². The Labute approximate surface area is 228 Å². The van der Waals surface area contributed by atoms with Crippen LogP contribution in [0.25, 0.3) is 22.0 Å². The van der Waals surface area contributed by atoms with Crippen LogP contribution in [-0.4, -0.2) is 52.7 Å². The summed E-state index contributed by atoms with van der Waals surface area (Å²) in [7, 11) is 0. The summed E-state index contributed by atoms with van der Waals surface area (Å²) in [6, 6.07) is 10.0. The minimum Gasteiger partial charge on any atom is -0.354 e. The maximum atomic E-state index is 13.7. The Morgan fingerprint density at radius 3 is 2.54 bits per heavy atom. The minimum absolute atomic E-state index is 0.0443. The molecule has 0 radical (unpaired) electrons. The van der Waals surface area contributed by atoms with Gasteiger partial charge in [0.1, 0.15) is 5.82 Å². The van der Waals surface area contributed by atoms with Gasteiger partial charge < -0.3 is 30.8 Å². The first kappa shape index (κ1) is 26.6. The lowest BCUT2D eigenvalue weighted by Gasteiger charge is -2.28.